The van der Waals surface area contributed by atoms with Gasteiger partial charge in [-0.3, -0.25) is 9.59 Å². The molecule has 0 unspecified atom stereocenters. The van der Waals surface area contributed by atoms with Crippen LogP contribution in [0.1, 0.15) is 33.6 Å². The largest absolute Gasteiger partial charge is 0.497 e. The molecule has 1 aliphatic heterocycles. The van der Waals surface area contributed by atoms with Gasteiger partial charge in [-0.1, -0.05) is 6.07 Å². The minimum Gasteiger partial charge on any atom is -0.497 e. The van der Waals surface area contributed by atoms with Gasteiger partial charge in [0.15, 0.2) is 5.78 Å². The maximum Gasteiger partial charge on any atom is 0.328 e. The van der Waals surface area contributed by atoms with Crippen molar-refractivity contribution in [3.8, 4) is 5.75 Å². The Morgan fingerprint density at radius 2 is 1.51 bits per heavy atom. The number of rotatable bonds is 10. The van der Waals surface area contributed by atoms with Crippen molar-refractivity contribution in [3.05, 3.63) is 102 Å². The molecule has 0 atom stereocenters. The Morgan fingerprint density at radius 3 is 2.07 bits per heavy atom. The molecule has 1 fully saturated rings. The number of nitrogens with two attached hydrogens (primary N) is 1. The summed E-state index contributed by atoms with van der Waals surface area (Å²) >= 11 is 0. The van der Waals surface area contributed by atoms with Crippen molar-refractivity contribution >= 4 is 35.0 Å². The predicted octanol–water partition coefficient (Wildman–Crippen LogP) is 4.37. The van der Waals surface area contributed by atoms with Crippen LogP contribution in [0.3, 0.4) is 0 Å². The van der Waals surface area contributed by atoms with E-state index in [0.717, 1.165) is 31.6 Å². The molecule has 3 aromatic rings. The van der Waals surface area contributed by atoms with Crippen LogP contribution in [0.5, 0.6) is 5.75 Å². The highest BCUT2D eigenvalue weighted by molar-refractivity contribution is 6.06. The molecular weight excluding hydrogens is 557 g/mol. The normalized spacial score (nSPS) is 13.5. The molecule has 0 radical (unpaired) electrons. The number of anilines is 2. The number of halogens is 1. The number of aliphatic carboxylic acids is 2. The zero-order valence-electron chi connectivity index (χ0n) is 23.7. The summed E-state index contributed by atoms with van der Waals surface area (Å²) < 4.78 is 18.5. The molecule has 0 saturated carbocycles. The first-order valence-corrected chi connectivity index (χ1v) is 13.5. The van der Waals surface area contributed by atoms with Crippen LogP contribution in [0.25, 0.3) is 0 Å². The molecule has 11 heteroatoms. The third kappa shape index (κ3) is 10.1. The molecule has 1 saturated heterocycles. The second kappa shape index (κ2) is 15.8. The highest BCUT2D eigenvalue weighted by Gasteiger charge is 2.27. The van der Waals surface area contributed by atoms with Crippen molar-refractivity contribution in [2.45, 2.75) is 12.8 Å². The number of benzene rings is 3. The van der Waals surface area contributed by atoms with Crippen LogP contribution in [0.4, 0.5) is 15.8 Å². The lowest BCUT2D eigenvalue weighted by molar-refractivity contribution is -0.134. The molecule has 1 amide bonds. The van der Waals surface area contributed by atoms with E-state index in [4.69, 9.17) is 20.7 Å². The van der Waals surface area contributed by atoms with Crippen LogP contribution in [0.2, 0.25) is 0 Å². The van der Waals surface area contributed by atoms with Gasteiger partial charge in [0.25, 0.3) is 5.91 Å². The average Bonchev–Trinajstić information content (AvgIpc) is 3.01. The number of hydrogen-bond donors (Lipinski definition) is 3. The van der Waals surface area contributed by atoms with Crippen LogP contribution in [0, 0.1) is 11.7 Å². The number of carboxylic acid groups (broad SMARTS) is 2. The van der Waals surface area contributed by atoms with Crippen molar-refractivity contribution in [1.29, 1.82) is 0 Å². The van der Waals surface area contributed by atoms with Crippen LogP contribution < -0.4 is 15.4 Å². The average molecular weight is 592 g/mol. The van der Waals surface area contributed by atoms with Crippen LogP contribution in [0.15, 0.2) is 84.9 Å². The summed E-state index contributed by atoms with van der Waals surface area (Å²) in [6.45, 7) is 2.70. The van der Waals surface area contributed by atoms with E-state index in [0.29, 0.717) is 47.8 Å². The Bertz CT molecular complexity index is 1420. The van der Waals surface area contributed by atoms with E-state index in [9.17, 15) is 23.6 Å². The molecule has 4 rings (SSSR count). The van der Waals surface area contributed by atoms with Crippen LogP contribution in [-0.4, -0.2) is 72.0 Å². The summed E-state index contributed by atoms with van der Waals surface area (Å²) in [6, 6.07) is 20.1. The molecule has 3 aromatic carbocycles. The van der Waals surface area contributed by atoms with Gasteiger partial charge in [0.05, 0.1) is 7.11 Å². The number of carbonyl (C=O) groups is 4. The Kier molecular flexibility index (Phi) is 12.0. The number of Topliss-reactive ketones (excluding diaryl/α,β-unsaturated/α-hetero) is 1. The van der Waals surface area contributed by atoms with E-state index in [2.05, 4.69) is 4.90 Å². The van der Waals surface area contributed by atoms with Gasteiger partial charge in [0.1, 0.15) is 11.6 Å². The minimum absolute atomic E-state index is 0.0670. The van der Waals surface area contributed by atoms with Gasteiger partial charge in [0, 0.05) is 59.7 Å². The molecule has 10 nitrogen and oxygen atoms in total. The Balaban J connectivity index is 0.000000557. The zero-order chi connectivity index (χ0) is 31.4. The fourth-order valence-electron chi connectivity index (χ4n) is 4.56. The summed E-state index contributed by atoms with van der Waals surface area (Å²) in [5, 5.41) is 15.6. The summed E-state index contributed by atoms with van der Waals surface area (Å²) in [5.74, 6) is -2.29. The van der Waals surface area contributed by atoms with Gasteiger partial charge in [-0.25, -0.2) is 14.0 Å². The number of nitrogen functional groups attached to an aromatic ring is 1. The lowest BCUT2D eigenvalue weighted by atomic mass is 9.89. The first kappa shape index (κ1) is 32.5. The first-order valence-electron chi connectivity index (χ1n) is 13.5. The van der Waals surface area contributed by atoms with Crippen molar-refractivity contribution in [2.24, 2.45) is 5.92 Å². The molecule has 4 N–H and O–H groups in total. The summed E-state index contributed by atoms with van der Waals surface area (Å²) in [4.78, 5) is 49.3. The minimum atomic E-state index is -1.26. The van der Waals surface area contributed by atoms with Gasteiger partial charge >= 0.3 is 11.9 Å². The van der Waals surface area contributed by atoms with Gasteiger partial charge < -0.3 is 30.5 Å². The quantitative estimate of drug-likeness (QED) is 0.177. The number of likely N-dealkylation sites (tertiary alicyclic amines) is 1. The highest BCUT2D eigenvalue weighted by Crippen LogP contribution is 2.25. The number of amides is 1. The predicted molar refractivity (Wildman–Crippen MR) is 160 cm³/mol. The summed E-state index contributed by atoms with van der Waals surface area (Å²) in [5.41, 5.74) is 8.28. The van der Waals surface area contributed by atoms with Crippen LogP contribution in [-0.2, 0) is 9.59 Å². The van der Waals surface area contributed by atoms with Gasteiger partial charge in [-0.05, 0) is 86.6 Å². The number of ether oxygens (including phenoxy) is 1. The molecule has 0 aliphatic carbocycles. The molecule has 226 valence electrons. The first-order chi connectivity index (χ1) is 20.6. The Morgan fingerprint density at radius 1 is 0.930 bits per heavy atom. The number of carbonyl (C=O) groups excluding carboxylic acids is 2. The number of nitrogens with zero attached hydrogens (tertiary/aromatic N) is 2. The van der Waals surface area contributed by atoms with Gasteiger partial charge in [-0.2, -0.15) is 0 Å². The maximum absolute atomic E-state index is 13.4. The molecular formula is C32H34FN3O7. The van der Waals surface area contributed by atoms with Gasteiger partial charge in [0.2, 0.25) is 0 Å². The zero-order valence-corrected chi connectivity index (χ0v) is 23.7. The molecule has 43 heavy (non-hydrogen) atoms. The second-order valence-corrected chi connectivity index (χ2v) is 9.78. The summed E-state index contributed by atoms with van der Waals surface area (Å²) in [7, 11) is 1.60. The third-order valence-electron chi connectivity index (χ3n) is 6.86. The fraction of sp³-hybridized carbons (Fsp3) is 0.250. The number of ketones is 1. The fourth-order valence-corrected chi connectivity index (χ4v) is 4.56. The number of piperidine rings is 1. The maximum atomic E-state index is 13.4. The Hall–Kier alpha value is -5.03. The number of methoxy groups -OCH3 is 1. The summed E-state index contributed by atoms with van der Waals surface area (Å²) in [6.07, 6.45) is 2.59. The highest BCUT2D eigenvalue weighted by atomic mass is 19.1. The Labute approximate surface area is 248 Å². The monoisotopic (exact) mass is 591 g/mol. The molecule has 0 spiro atoms. The molecule has 0 aromatic heterocycles. The third-order valence-corrected chi connectivity index (χ3v) is 6.86. The van der Waals surface area contributed by atoms with E-state index in [1.165, 1.54) is 12.1 Å². The van der Waals surface area contributed by atoms with Crippen molar-refractivity contribution in [2.75, 3.05) is 43.9 Å². The van der Waals surface area contributed by atoms with Crippen molar-refractivity contribution in [1.82, 2.24) is 4.90 Å². The second-order valence-electron chi connectivity index (χ2n) is 9.78. The van der Waals surface area contributed by atoms with E-state index in [-0.39, 0.29) is 23.4 Å². The topological polar surface area (TPSA) is 150 Å². The van der Waals surface area contributed by atoms with E-state index in [1.54, 1.807) is 48.4 Å². The lowest BCUT2D eigenvalue weighted by Gasteiger charge is -2.33. The molecule has 0 bridgehead atoms. The standard InChI is InChI=1S/C28H30FN3O3.C4H4O4/c1-35-26-4-2-3-25(19-26)32(28(34)22-7-11-24(30)12-8-22)18-17-31-15-13-21(14-16-31)27(33)20-5-9-23(29)10-6-20;5-3(6)1-2-4(7)8/h2-12,19,21H,13-18,30H2,1H3;1-2H,(H,5,6)(H,7,8). The van der Waals surface area contributed by atoms with E-state index >= 15 is 0 Å². The lowest BCUT2D eigenvalue weighted by Crippen LogP contribution is -2.42. The van der Waals surface area contributed by atoms with E-state index < -0.39 is 11.9 Å². The van der Waals surface area contributed by atoms with Gasteiger partial charge in [-0.15, -0.1) is 0 Å². The van der Waals surface area contributed by atoms with Crippen molar-refractivity contribution in [3.63, 3.8) is 0 Å². The number of carboxylic acids is 2. The number of hydrogen-bond acceptors (Lipinski definition) is 7. The SMILES string of the molecule is COc1cccc(N(CCN2CCC(C(=O)c3ccc(F)cc3)CC2)C(=O)c2ccc(N)cc2)c1.O=C(O)C=CC(=O)O. The smallest absolute Gasteiger partial charge is 0.328 e. The van der Waals surface area contributed by atoms with E-state index in [1.807, 2.05) is 24.3 Å². The van der Waals surface area contributed by atoms with Crippen LogP contribution >= 0.6 is 0 Å². The molecule has 1 aliphatic rings. The molecule has 1 heterocycles. The van der Waals surface area contributed by atoms with Crippen molar-refractivity contribution < 1.29 is 38.5 Å².